The molecule has 0 spiro atoms. The molecule has 0 amide bonds. The Morgan fingerprint density at radius 1 is 0.968 bits per heavy atom. The van der Waals surface area contributed by atoms with Gasteiger partial charge in [-0.05, 0) is 53.3 Å². The largest absolute Gasteiger partial charge is 0.297 e. The average Bonchev–Trinajstić information content (AvgIpc) is 3.34. The molecule has 0 unspecified atom stereocenters. The van der Waals surface area contributed by atoms with E-state index < -0.39 is 20.0 Å². The van der Waals surface area contributed by atoms with Crippen LogP contribution in [-0.4, -0.2) is 20.8 Å². The Bertz CT molecular complexity index is 1560. The molecule has 0 aliphatic rings. The van der Waals surface area contributed by atoms with Crippen LogP contribution in [0.2, 0.25) is 5.02 Å². The van der Waals surface area contributed by atoms with Crippen molar-refractivity contribution in [2.45, 2.75) is 9.10 Å². The number of hydrogen-bond acceptors (Lipinski definition) is 7. The molecule has 2 aromatic heterocycles. The third-order valence-corrected chi connectivity index (χ3v) is 9.59. The molecule has 0 fully saturated rings. The minimum atomic E-state index is -4.15. The molecule has 0 radical (unpaired) electrons. The predicted molar refractivity (Wildman–Crippen MR) is 124 cm³/mol. The maximum absolute atomic E-state index is 13.0. The first-order valence-corrected chi connectivity index (χ1v) is 13.6. The molecule has 0 bridgehead atoms. The van der Waals surface area contributed by atoms with Crippen molar-refractivity contribution in [1.29, 1.82) is 0 Å². The maximum atomic E-state index is 13.0. The highest BCUT2D eigenvalue weighted by Gasteiger charge is 2.23. The number of benzene rings is 2. The summed E-state index contributed by atoms with van der Waals surface area (Å²) in [4.78, 5) is 12.0. The molecular weight excluding hydrogens is 502 g/mol. The second kappa shape index (κ2) is 7.95. The molecule has 2 heterocycles. The highest BCUT2D eigenvalue weighted by atomic mass is 35.5. The van der Waals surface area contributed by atoms with Gasteiger partial charge < -0.3 is 0 Å². The van der Waals surface area contributed by atoms with Crippen molar-refractivity contribution in [1.82, 2.24) is 3.96 Å². The number of sulfonamides is 2. The number of thiophene rings is 1. The topological polar surface area (TPSA) is 114 Å². The van der Waals surface area contributed by atoms with Crippen molar-refractivity contribution in [3.8, 4) is 0 Å². The van der Waals surface area contributed by atoms with Crippen LogP contribution in [0.1, 0.15) is 0 Å². The van der Waals surface area contributed by atoms with Gasteiger partial charge in [-0.25, -0.2) is 16.8 Å². The molecule has 2 N–H and O–H groups in total. The summed E-state index contributed by atoms with van der Waals surface area (Å²) in [7, 11) is -6.40. The van der Waals surface area contributed by atoms with Crippen LogP contribution in [0.3, 0.4) is 0 Å². The van der Waals surface area contributed by atoms with Crippen molar-refractivity contribution in [2.24, 2.45) is 7.05 Å². The summed E-state index contributed by atoms with van der Waals surface area (Å²) >= 11 is 8.15. The molecule has 162 valence electrons. The summed E-state index contributed by atoms with van der Waals surface area (Å²) in [5.41, 5.74) is 0.459. The number of halogens is 1. The van der Waals surface area contributed by atoms with Crippen LogP contribution in [0.25, 0.3) is 10.9 Å². The van der Waals surface area contributed by atoms with Crippen molar-refractivity contribution < 1.29 is 16.8 Å². The fourth-order valence-electron chi connectivity index (χ4n) is 2.86. The van der Waals surface area contributed by atoms with Gasteiger partial charge in [-0.3, -0.25) is 18.2 Å². The number of fused-ring (bicyclic) bond motifs is 1. The standard InChI is InChI=1S/C18H14ClN3O5S4/c1-22-15-8-7-11(10-12(15)18(23)29-22)30(24,25)20-14-5-2-4-13(19)17(14)21-31(26,27)16-6-3-9-28-16/h2-10,20-21H,1H3. The number of hydrogen-bond donors (Lipinski definition) is 2. The van der Waals surface area contributed by atoms with E-state index >= 15 is 0 Å². The van der Waals surface area contributed by atoms with E-state index in [4.69, 9.17) is 11.6 Å². The van der Waals surface area contributed by atoms with Gasteiger partial charge in [0.25, 0.3) is 24.8 Å². The van der Waals surface area contributed by atoms with Crippen LogP contribution >= 0.6 is 34.5 Å². The zero-order valence-corrected chi connectivity index (χ0v) is 19.7. The van der Waals surface area contributed by atoms with E-state index in [1.165, 1.54) is 36.4 Å². The highest BCUT2D eigenvalue weighted by Crippen LogP contribution is 2.34. The lowest BCUT2D eigenvalue weighted by Crippen LogP contribution is -2.17. The number of rotatable bonds is 6. The molecule has 4 rings (SSSR count). The summed E-state index contributed by atoms with van der Waals surface area (Å²) in [5.74, 6) is 0. The molecule has 0 saturated heterocycles. The molecule has 0 aliphatic heterocycles. The highest BCUT2D eigenvalue weighted by molar-refractivity contribution is 7.94. The van der Waals surface area contributed by atoms with Crippen LogP contribution in [-0.2, 0) is 27.1 Å². The summed E-state index contributed by atoms with van der Waals surface area (Å²) in [6.45, 7) is 0. The average molecular weight is 516 g/mol. The van der Waals surface area contributed by atoms with Gasteiger partial charge in [0.2, 0.25) is 0 Å². The van der Waals surface area contributed by atoms with Crippen LogP contribution in [0, 0.1) is 0 Å². The third kappa shape index (κ3) is 4.21. The van der Waals surface area contributed by atoms with Gasteiger partial charge in [-0.15, -0.1) is 11.3 Å². The Balaban J connectivity index is 1.73. The van der Waals surface area contributed by atoms with Crippen LogP contribution in [0.15, 0.2) is 67.8 Å². The number of aromatic nitrogens is 1. The summed E-state index contributed by atoms with van der Waals surface area (Å²) < 4.78 is 57.4. The van der Waals surface area contributed by atoms with Crippen LogP contribution < -0.4 is 14.2 Å². The number of nitrogens with one attached hydrogen (secondary N) is 2. The SMILES string of the molecule is Cn1sc(=O)c2cc(S(=O)(=O)Nc3cccc(Cl)c3NS(=O)(=O)c3cccs3)ccc21. The Hall–Kier alpha value is -2.38. The lowest BCUT2D eigenvalue weighted by molar-refractivity contribution is 0.599. The first-order chi connectivity index (χ1) is 14.6. The number of aryl methyl sites for hydroxylation is 1. The maximum Gasteiger partial charge on any atom is 0.271 e. The van der Waals surface area contributed by atoms with Crippen molar-refractivity contribution in [2.75, 3.05) is 9.44 Å². The molecule has 0 atom stereocenters. The molecule has 31 heavy (non-hydrogen) atoms. The van der Waals surface area contributed by atoms with Gasteiger partial charge in [0.05, 0.1) is 32.2 Å². The van der Waals surface area contributed by atoms with Crippen molar-refractivity contribution in [3.63, 3.8) is 0 Å². The third-order valence-electron chi connectivity index (χ3n) is 4.31. The monoisotopic (exact) mass is 515 g/mol. The summed E-state index contributed by atoms with van der Waals surface area (Å²) in [5, 5.41) is 1.90. The van der Waals surface area contributed by atoms with Gasteiger partial charge in [0.15, 0.2) is 0 Å². The van der Waals surface area contributed by atoms with Crippen molar-refractivity contribution >= 4 is 76.8 Å². The van der Waals surface area contributed by atoms with E-state index in [9.17, 15) is 21.6 Å². The minimum Gasteiger partial charge on any atom is -0.297 e. The van der Waals surface area contributed by atoms with Gasteiger partial charge in [0, 0.05) is 7.05 Å². The lowest BCUT2D eigenvalue weighted by Gasteiger charge is -2.15. The Labute approximate surface area is 191 Å². The van der Waals surface area contributed by atoms with Gasteiger partial charge >= 0.3 is 0 Å². The fourth-order valence-corrected chi connectivity index (χ4v) is 7.10. The fraction of sp³-hybridized carbons (Fsp3) is 0.0556. The van der Waals surface area contributed by atoms with Gasteiger partial charge in [0.1, 0.15) is 4.21 Å². The Morgan fingerprint density at radius 3 is 2.45 bits per heavy atom. The summed E-state index contributed by atoms with van der Waals surface area (Å²) in [6, 6.07) is 11.5. The molecule has 13 heteroatoms. The van der Waals surface area contributed by atoms with Crippen LogP contribution in [0.4, 0.5) is 11.4 Å². The Morgan fingerprint density at radius 2 is 1.74 bits per heavy atom. The Kier molecular flexibility index (Phi) is 5.60. The minimum absolute atomic E-state index is 0.0162. The number of para-hydroxylation sites is 1. The van der Waals surface area contributed by atoms with Gasteiger partial charge in [-0.1, -0.05) is 23.7 Å². The second-order valence-corrected chi connectivity index (χ2v) is 12.4. The number of nitrogens with zero attached hydrogens (tertiary/aromatic N) is 1. The zero-order chi connectivity index (χ0) is 22.4. The normalized spacial score (nSPS) is 12.2. The molecular formula is C18H14ClN3O5S4. The van der Waals surface area contributed by atoms with E-state index in [2.05, 4.69) is 9.44 Å². The van der Waals surface area contributed by atoms with E-state index in [-0.39, 0.29) is 35.6 Å². The smallest absolute Gasteiger partial charge is 0.271 e. The van der Waals surface area contributed by atoms with Crippen molar-refractivity contribution in [3.05, 3.63) is 68.5 Å². The predicted octanol–water partition coefficient (Wildman–Crippen LogP) is 3.92. The summed E-state index contributed by atoms with van der Waals surface area (Å²) in [6.07, 6.45) is 0. The van der Waals surface area contributed by atoms with E-state index in [0.717, 1.165) is 22.9 Å². The van der Waals surface area contributed by atoms with E-state index in [1.807, 2.05) is 0 Å². The first-order valence-electron chi connectivity index (χ1n) is 8.56. The molecule has 8 nitrogen and oxygen atoms in total. The molecule has 0 saturated carbocycles. The molecule has 2 aromatic carbocycles. The molecule has 0 aliphatic carbocycles. The van der Waals surface area contributed by atoms with E-state index in [1.54, 1.807) is 28.5 Å². The first kappa shape index (κ1) is 21.8. The second-order valence-electron chi connectivity index (χ2n) is 6.36. The molecule has 4 aromatic rings. The zero-order valence-electron chi connectivity index (χ0n) is 15.7. The lowest BCUT2D eigenvalue weighted by atomic mass is 10.2. The number of anilines is 2. The van der Waals surface area contributed by atoms with Gasteiger partial charge in [-0.2, -0.15) is 0 Å². The van der Waals surface area contributed by atoms with E-state index in [0.29, 0.717) is 5.52 Å². The van der Waals surface area contributed by atoms with Crippen LogP contribution in [0.5, 0.6) is 0 Å². The quantitative estimate of drug-likeness (QED) is 0.404.